The van der Waals surface area contributed by atoms with Crippen molar-refractivity contribution in [3.05, 3.63) is 46.4 Å². The van der Waals surface area contributed by atoms with Gasteiger partial charge < -0.3 is 14.8 Å². The monoisotopic (exact) mass is 359 g/mol. The summed E-state index contributed by atoms with van der Waals surface area (Å²) in [5, 5.41) is 6.60. The van der Waals surface area contributed by atoms with Crippen molar-refractivity contribution in [2.45, 2.75) is 38.1 Å². The number of ether oxygens (including phenoxy) is 2. The fourth-order valence-corrected chi connectivity index (χ4v) is 3.86. The number of thiazole rings is 1. The molecule has 1 aromatic carbocycles. The molecule has 1 aliphatic carbocycles. The lowest BCUT2D eigenvalue weighted by atomic mass is 10.2. The van der Waals surface area contributed by atoms with Crippen LogP contribution < -0.4 is 10.1 Å². The number of rotatable bonds is 8. The highest BCUT2D eigenvalue weighted by molar-refractivity contribution is 7.09. The first kappa shape index (κ1) is 17.0. The van der Waals surface area contributed by atoms with E-state index >= 15 is 0 Å². The fourth-order valence-electron chi connectivity index (χ4n) is 3.16. The molecule has 1 aliphatic heterocycles. The van der Waals surface area contributed by atoms with Gasteiger partial charge in [-0.3, -0.25) is 4.90 Å². The summed E-state index contributed by atoms with van der Waals surface area (Å²) in [6, 6.07) is 10.7. The minimum atomic E-state index is 0.300. The Labute approximate surface area is 153 Å². The second-order valence-corrected chi connectivity index (χ2v) is 7.63. The molecule has 25 heavy (non-hydrogen) atoms. The van der Waals surface area contributed by atoms with Gasteiger partial charge in [-0.05, 0) is 25.0 Å². The maximum atomic E-state index is 5.87. The summed E-state index contributed by atoms with van der Waals surface area (Å²) in [7, 11) is 0. The summed E-state index contributed by atoms with van der Waals surface area (Å²) >= 11 is 1.65. The highest BCUT2D eigenvalue weighted by Crippen LogP contribution is 2.28. The average molecular weight is 359 g/mol. The quantitative estimate of drug-likeness (QED) is 0.785. The lowest BCUT2D eigenvalue weighted by molar-refractivity contribution is -0.0301. The van der Waals surface area contributed by atoms with Gasteiger partial charge >= 0.3 is 0 Å². The van der Waals surface area contributed by atoms with E-state index in [1.807, 2.05) is 30.3 Å². The van der Waals surface area contributed by atoms with E-state index in [9.17, 15) is 0 Å². The van der Waals surface area contributed by atoms with Crippen molar-refractivity contribution in [2.24, 2.45) is 0 Å². The molecule has 0 unspecified atom stereocenters. The van der Waals surface area contributed by atoms with Crippen LogP contribution in [0, 0.1) is 0 Å². The van der Waals surface area contributed by atoms with Crippen LogP contribution in [0.4, 0.5) is 0 Å². The molecule has 0 radical (unpaired) electrons. The summed E-state index contributed by atoms with van der Waals surface area (Å²) < 4.78 is 11.6. The lowest BCUT2D eigenvalue weighted by Gasteiger charge is -2.33. The first-order chi connectivity index (χ1) is 12.4. The zero-order chi connectivity index (χ0) is 16.9. The molecule has 1 aromatic heterocycles. The van der Waals surface area contributed by atoms with Crippen molar-refractivity contribution >= 4 is 11.3 Å². The number of nitrogens with one attached hydrogen (secondary N) is 1. The topological polar surface area (TPSA) is 46.6 Å². The largest absolute Gasteiger partial charge is 0.486 e. The van der Waals surface area contributed by atoms with Gasteiger partial charge in [0, 0.05) is 37.6 Å². The van der Waals surface area contributed by atoms with E-state index in [0.29, 0.717) is 12.7 Å². The van der Waals surface area contributed by atoms with Crippen molar-refractivity contribution in [2.75, 3.05) is 26.2 Å². The van der Waals surface area contributed by atoms with Gasteiger partial charge in [0.25, 0.3) is 0 Å². The summed E-state index contributed by atoms with van der Waals surface area (Å²) in [4.78, 5) is 7.22. The molecule has 134 valence electrons. The Morgan fingerprint density at radius 3 is 3.00 bits per heavy atom. The number of benzene rings is 1. The number of nitrogens with zero attached hydrogens (tertiary/aromatic N) is 2. The Morgan fingerprint density at radius 2 is 2.16 bits per heavy atom. The second-order valence-electron chi connectivity index (χ2n) is 6.68. The highest BCUT2D eigenvalue weighted by Gasteiger charge is 2.32. The zero-order valence-electron chi connectivity index (χ0n) is 14.4. The first-order valence-electron chi connectivity index (χ1n) is 9.04. The molecule has 0 amide bonds. The predicted octanol–water partition coefficient (Wildman–Crippen LogP) is 2.67. The Balaban J connectivity index is 1.18. The second kappa shape index (κ2) is 8.27. The summed E-state index contributed by atoms with van der Waals surface area (Å²) in [5.74, 6) is 0.882. The Morgan fingerprint density at radius 1 is 1.28 bits per heavy atom. The molecule has 6 heteroatoms. The number of aromatic nitrogens is 1. The standard InChI is InChI=1S/C19H25N3O2S/c1-2-4-17(5-3-1)24-13-19-21-15(14-25-19)10-20-11-18-12-22(8-9-23-18)16-6-7-16/h1-5,14,16,18,20H,6-13H2/t18-/m1/s1. The highest BCUT2D eigenvalue weighted by atomic mass is 32.1. The maximum Gasteiger partial charge on any atom is 0.140 e. The molecular formula is C19H25N3O2S. The van der Waals surface area contributed by atoms with Crippen molar-refractivity contribution in [3.8, 4) is 5.75 Å². The molecule has 1 saturated carbocycles. The molecule has 2 heterocycles. The van der Waals surface area contributed by atoms with Gasteiger partial charge in [-0.15, -0.1) is 11.3 Å². The lowest BCUT2D eigenvalue weighted by Crippen LogP contribution is -2.47. The van der Waals surface area contributed by atoms with Gasteiger partial charge in [-0.25, -0.2) is 4.98 Å². The predicted molar refractivity (Wildman–Crippen MR) is 98.9 cm³/mol. The van der Waals surface area contributed by atoms with Gasteiger partial charge in [0.15, 0.2) is 0 Å². The third-order valence-corrected chi connectivity index (χ3v) is 5.49. The molecule has 2 aliphatic rings. The van der Waals surface area contributed by atoms with Gasteiger partial charge in [0.2, 0.25) is 0 Å². The Bertz CT molecular complexity index is 660. The normalized spacial score (nSPS) is 21.4. The van der Waals surface area contributed by atoms with Crippen LogP contribution in [0.15, 0.2) is 35.7 Å². The number of hydrogen-bond acceptors (Lipinski definition) is 6. The first-order valence-corrected chi connectivity index (χ1v) is 9.92. The third kappa shape index (κ3) is 5.01. The van der Waals surface area contributed by atoms with Crippen LogP contribution in [0.25, 0.3) is 0 Å². The van der Waals surface area contributed by atoms with E-state index in [4.69, 9.17) is 9.47 Å². The van der Waals surface area contributed by atoms with Crippen molar-refractivity contribution in [3.63, 3.8) is 0 Å². The average Bonchev–Trinajstić information content (AvgIpc) is 3.41. The Hall–Kier alpha value is -1.47. The van der Waals surface area contributed by atoms with Crippen LogP contribution >= 0.6 is 11.3 Å². The molecule has 1 atom stereocenters. The third-order valence-electron chi connectivity index (χ3n) is 4.62. The molecule has 5 nitrogen and oxygen atoms in total. The molecule has 0 bridgehead atoms. The van der Waals surface area contributed by atoms with Crippen LogP contribution in [0.1, 0.15) is 23.5 Å². The van der Waals surface area contributed by atoms with Crippen molar-refractivity contribution < 1.29 is 9.47 Å². The van der Waals surface area contributed by atoms with Crippen LogP contribution in [0.2, 0.25) is 0 Å². The van der Waals surface area contributed by atoms with Gasteiger partial charge in [-0.1, -0.05) is 18.2 Å². The van der Waals surface area contributed by atoms with E-state index in [-0.39, 0.29) is 0 Å². The van der Waals surface area contributed by atoms with E-state index < -0.39 is 0 Å². The van der Waals surface area contributed by atoms with Crippen LogP contribution in [0.5, 0.6) is 5.75 Å². The molecule has 1 N–H and O–H groups in total. The molecule has 1 saturated heterocycles. The molecule has 0 spiro atoms. The van der Waals surface area contributed by atoms with Gasteiger partial charge in [0.1, 0.15) is 17.4 Å². The SMILES string of the molecule is c1ccc(OCc2nc(CNC[C@@H]3CN(C4CC4)CCO3)cs2)cc1. The molecule has 4 rings (SSSR count). The molecule has 2 aromatic rings. The number of morpholine rings is 1. The minimum absolute atomic E-state index is 0.300. The fraction of sp³-hybridized carbons (Fsp3) is 0.526. The van der Waals surface area contributed by atoms with E-state index in [2.05, 4.69) is 20.6 Å². The van der Waals surface area contributed by atoms with Gasteiger partial charge in [0.05, 0.1) is 18.4 Å². The zero-order valence-corrected chi connectivity index (χ0v) is 15.2. The van der Waals surface area contributed by atoms with Crippen LogP contribution in [0.3, 0.4) is 0 Å². The van der Waals surface area contributed by atoms with E-state index in [1.165, 1.54) is 12.8 Å². The van der Waals surface area contributed by atoms with Crippen LogP contribution in [-0.2, 0) is 17.9 Å². The maximum absolute atomic E-state index is 5.87. The minimum Gasteiger partial charge on any atom is -0.486 e. The van der Waals surface area contributed by atoms with Gasteiger partial charge in [-0.2, -0.15) is 0 Å². The number of para-hydroxylation sites is 1. The Kier molecular flexibility index (Phi) is 5.62. The summed E-state index contributed by atoms with van der Waals surface area (Å²) in [6.45, 7) is 5.21. The van der Waals surface area contributed by atoms with Crippen molar-refractivity contribution in [1.29, 1.82) is 0 Å². The van der Waals surface area contributed by atoms with Crippen LogP contribution in [-0.4, -0.2) is 48.3 Å². The number of hydrogen-bond donors (Lipinski definition) is 1. The molecule has 2 fully saturated rings. The van der Waals surface area contributed by atoms with Crippen molar-refractivity contribution in [1.82, 2.24) is 15.2 Å². The van der Waals surface area contributed by atoms with E-state index in [1.54, 1.807) is 11.3 Å². The molecular weight excluding hydrogens is 334 g/mol. The smallest absolute Gasteiger partial charge is 0.140 e. The summed E-state index contributed by atoms with van der Waals surface area (Å²) in [6.07, 6.45) is 3.04. The van der Waals surface area contributed by atoms with E-state index in [0.717, 1.165) is 55.3 Å². The summed E-state index contributed by atoms with van der Waals surface area (Å²) in [5.41, 5.74) is 1.08.